The molecule has 1 heterocycles. The minimum atomic E-state index is -0.00522. The molecule has 0 aromatic rings. The van der Waals surface area contributed by atoms with Crippen LogP contribution in [-0.4, -0.2) is 78.5 Å². The fourth-order valence-corrected chi connectivity index (χ4v) is 4.14. The summed E-state index contributed by atoms with van der Waals surface area (Å²) >= 11 is 0. The number of likely N-dealkylation sites (N-methyl/N-ethyl adjacent to an activating group) is 1. The third-order valence-electron chi connectivity index (χ3n) is 5.44. The fraction of sp³-hybridized carbons (Fsp3) is 0.895. The lowest BCUT2D eigenvalue weighted by Gasteiger charge is -2.42. The van der Waals surface area contributed by atoms with Crippen LogP contribution in [-0.2, 0) is 4.79 Å². The second-order valence-corrected chi connectivity index (χ2v) is 7.88. The van der Waals surface area contributed by atoms with E-state index in [1.165, 1.54) is 12.8 Å². The van der Waals surface area contributed by atoms with E-state index < -0.39 is 0 Å². The zero-order valence-electron chi connectivity index (χ0n) is 16.5. The number of hydrogen-bond donors (Lipinski definition) is 1. The molecule has 144 valence electrons. The average molecular weight is 353 g/mol. The monoisotopic (exact) mass is 352 g/mol. The lowest BCUT2D eigenvalue weighted by Crippen LogP contribution is -2.59. The number of urea groups is 1. The summed E-state index contributed by atoms with van der Waals surface area (Å²) in [6, 6.07) is 0.164. The van der Waals surface area contributed by atoms with Crippen molar-refractivity contribution in [3.63, 3.8) is 0 Å². The van der Waals surface area contributed by atoms with Gasteiger partial charge in [-0.1, -0.05) is 19.8 Å². The van der Waals surface area contributed by atoms with E-state index in [1.54, 1.807) is 0 Å². The molecule has 6 heteroatoms. The largest absolute Gasteiger partial charge is 0.344 e. The van der Waals surface area contributed by atoms with Crippen LogP contribution in [0, 0.1) is 5.92 Å². The SMILES string of the molecule is CCCN(C)C(=O)C(C1CCCC1)N1CCN(C(=O)NC(C)C)CC1. The number of nitrogens with zero attached hydrogens (tertiary/aromatic N) is 3. The molecule has 0 spiro atoms. The Labute approximate surface area is 152 Å². The average Bonchev–Trinajstić information content (AvgIpc) is 3.09. The molecular weight excluding hydrogens is 316 g/mol. The van der Waals surface area contributed by atoms with Gasteiger partial charge in [-0.15, -0.1) is 0 Å². The van der Waals surface area contributed by atoms with Gasteiger partial charge in [0.1, 0.15) is 0 Å². The molecule has 25 heavy (non-hydrogen) atoms. The van der Waals surface area contributed by atoms with E-state index in [2.05, 4.69) is 17.1 Å². The molecule has 1 aliphatic heterocycles. The lowest BCUT2D eigenvalue weighted by atomic mass is 9.94. The van der Waals surface area contributed by atoms with E-state index in [9.17, 15) is 9.59 Å². The molecule has 2 aliphatic rings. The summed E-state index contributed by atoms with van der Waals surface area (Å²) in [5.74, 6) is 0.747. The normalized spacial score (nSPS) is 20.8. The van der Waals surface area contributed by atoms with E-state index in [4.69, 9.17) is 0 Å². The highest BCUT2D eigenvalue weighted by atomic mass is 16.2. The third-order valence-corrected chi connectivity index (χ3v) is 5.44. The summed E-state index contributed by atoms with van der Waals surface area (Å²) in [4.78, 5) is 31.4. The standard InChI is InChI=1S/C19H36N4O2/c1-5-10-21(4)18(24)17(16-8-6-7-9-16)22-11-13-23(14-12-22)19(25)20-15(2)3/h15-17H,5-14H2,1-4H3,(H,20,25). The zero-order chi connectivity index (χ0) is 18.4. The molecule has 1 aliphatic carbocycles. The van der Waals surface area contributed by atoms with Crippen LogP contribution in [0.3, 0.4) is 0 Å². The van der Waals surface area contributed by atoms with Gasteiger partial charge in [0.05, 0.1) is 6.04 Å². The summed E-state index contributed by atoms with van der Waals surface area (Å²) in [7, 11) is 1.93. The number of piperazine rings is 1. The maximum absolute atomic E-state index is 13.1. The smallest absolute Gasteiger partial charge is 0.317 e. The Morgan fingerprint density at radius 1 is 1.12 bits per heavy atom. The molecule has 3 amide bonds. The van der Waals surface area contributed by atoms with Crippen molar-refractivity contribution < 1.29 is 9.59 Å². The number of carbonyl (C=O) groups is 2. The van der Waals surface area contributed by atoms with Crippen molar-refractivity contribution in [3.05, 3.63) is 0 Å². The fourth-order valence-electron chi connectivity index (χ4n) is 4.14. The molecule has 0 bridgehead atoms. The van der Waals surface area contributed by atoms with Crippen molar-refractivity contribution >= 4 is 11.9 Å². The zero-order valence-corrected chi connectivity index (χ0v) is 16.5. The van der Waals surface area contributed by atoms with Crippen molar-refractivity contribution in [3.8, 4) is 0 Å². The summed E-state index contributed by atoms with van der Waals surface area (Å²) in [5, 5.41) is 2.96. The van der Waals surface area contributed by atoms with Gasteiger partial charge in [-0.2, -0.15) is 0 Å². The van der Waals surface area contributed by atoms with Gasteiger partial charge in [0.15, 0.2) is 0 Å². The molecule has 2 fully saturated rings. The van der Waals surface area contributed by atoms with Gasteiger partial charge in [-0.05, 0) is 39.0 Å². The van der Waals surface area contributed by atoms with Gasteiger partial charge >= 0.3 is 6.03 Å². The van der Waals surface area contributed by atoms with Crippen LogP contribution >= 0.6 is 0 Å². The molecule has 2 rings (SSSR count). The maximum Gasteiger partial charge on any atom is 0.317 e. The second-order valence-electron chi connectivity index (χ2n) is 7.88. The molecular formula is C19H36N4O2. The Kier molecular flexibility index (Phi) is 7.54. The molecule has 1 saturated heterocycles. The highest BCUT2D eigenvalue weighted by molar-refractivity contribution is 5.82. The van der Waals surface area contributed by atoms with Gasteiger partial charge in [0.25, 0.3) is 0 Å². The van der Waals surface area contributed by atoms with Crippen LogP contribution in [0.2, 0.25) is 0 Å². The number of carbonyl (C=O) groups excluding carboxylic acids is 2. The van der Waals surface area contributed by atoms with Crippen LogP contribution in [0.1, 0.15) is 52.9 Å². The molecule has 0 aromatic heterocycles. The number of nitrogens with one attached hydrogen (secondary N) is 1. The van der Waals surface area contributed by atoms with Gasteiger partial charge in [0, 0.05) is 45.8 Å². The first-order valence-corrected chi connectivity index (χ1v) is 9.98. The quantitative estimate of drug-likeness (QED) is 0.797. The first-order chi connectivity index (χ1) is 11.9. The minimum absolute atomic E-state index is 0.00522. The molecule has 1 atom stereocenters. The molecule has 0 aromatic carbocycles. The van der Waals surface area contributed by atoms with E-state index in [-0.39, 0.29) is 24.0 Å². The first kappa shape index (κ1) is 20.0. The van der Waals surface area contributed by atoms with Crippen LogP contribution in [0.15, 0.2) is 0 Å². The van der Waals surface area contributed by atoms with Gasteiger partial charge in [-0.3, -0.25) is 9.69 Å². The Hall–Kier alpha value is -1.30. The summed E-state index contributed by atoms with van der Waals surface area (Å²) in [5.41, 5.74) is 0. The second kappa shape index (κ2) is 9.41. The predicted molar refractivity (Wildman–Crippen MR) is 100 cm³/mol. The van der Waals surface area contributed by atoms with Crippen molar-refractivity contribution in [1.29, 1.82) is 0 Å². The van der Waals surface area contributed by atoms with E-state index >= 15 is 0 Å². The Balaban J connectivity index is 1.99. The summed E-state index contributed by atoms with van der Waals surface area (Å²) in [6.07, 6.45) is 5.78. The minimum Gasteiger partial charge on any atom is -0.344 e. The van der Waals surface area contributed by atoms with Crippen molar-refractivity contribution in [1.82, 2.24) is 20.0 Å². The Bertz CT molecular complexity index is 441. The van der Waals surface area contributed by atoms with Crippen LogP contribution < -0.4 is 5.32 Å². The molecule has 1 N–H and O–H groups in total. The maximum atomic E-state index is 13.1. The molecule has 0 radical (unpaired) electrons. The van der Waals surface area contributed by atoms with Crippen LogP contribution in [0.25, 0.3) is 0 Å². The molecule has 1 saturated carbocycles. The number of rotatable bonds is 6. The summed E-state index contributed by atoms with van der Waals surface area (Å²) in [6.45, 7) is 9.87. The highest BCUT2D eigenvalue weighted by Gasteiger charge is 2.38. The van der Waals surface area contributed by atoms with Crippen LogP contribution in [0.5, 0.6) is 0 Å². The van der Waals surface area contributed by atoms with Crippen LogP contribution in [0.4, 0.5) is 4.79 Å². The molecule has 1 unspecified atom stereocenters. The first-order valence-electron chi connectivity index (χ1n) is 9.98. The number of hydrogen-bond acceptors (Lipinski definition) is 3. The Morgan fingerprint density at radius 3 is 2.24 bits per heavy atom. The van der Waals surface area contributed by atoms with Crippen molar-refractivity contribution in [2.75, 3.05) is 39.8 Å². The van der Waals surface area contributed by atoms with E-state index in [0.29, 0.717) is 19.0 Å². The highest BCUT2D eigenvalue weighted by Crippen LogP contribution is 2.31. The van der Waals surface area contributed by atoms with E-state index in [1.807, 2.05) is 30.7 Å². The van der Waals surface area contributed by atoms with E-state index in [0.717, 1.165) is 38.9 Å². The van der Waals surface area contributed by atoms with Gasteiger partial charge < -0.3 is 15.1 Å². The predicted octanol–water partition coefficient (Wildman–Crippen LogP) is 2.15. The van der Waals surface area contributed by atoms with Crippen molar-refractivity contribution in [2.24, 2.45) is 5.92 Å². The van der Waals surface area contributed by atoms with Gasteiger partial charge in [-0.25, -0.2) is 4.79 Å². The lowest BCUT2D eigenvalue weighted by molar-refractivity contribution is -0.138. The topological polar surface area (TPSA) is 55.9 Å². The van der Waals surface area contributed by atoms with Crippen molar-refractivity contribution in [2.45, 2.75) is 65.0 Å². The number of amides is 3. The third kappa shape index (κ3) is 5.33. The summed E-state index contributed by atoms with van der Waals surface area (Å²) < 4.78 is 0. The molecule has 6 nitrogen and oxygen atoms in total. The van der Waals surface area contributed by atoms with Gasteiger partial charge in [0.2, 0.25) is 5.91 Å². The Morgan fingerprint density at radius 2 is 1.72 bits per heavy atom.